The van der Waals surface area contributed by atoms with Gasteiger partial charge in [0.2, 0.25) is 0 Å². The molecule has 1 aliphatic heterocycles. The summed E-state index contributed by atoms with van der Waals surface area (Å²) in [6.45, 7) is 2.63. The van der Waals surface area contributed by atoms with Gasteiger partial charge in [0.1, 0.15) is 17.1 Å². The second-order valence-electron chi connectivity index (χ2n) is 3.20. The van der Waals surface area contributed by atoms with E-state index in [4.69, 9.17) is 9.26 Å². The maximum atomic E-state index is 5.39. The Morgan fingerprint density at radius 1 is 1.57 bits per heavy atom. The number of fused-ring (bicyclic) bond motifs is 1. The van der Waals surface area contributed by atoms with Crippen LogP contribution in [0, 0.1) is 0 Å². The average Bonchev–Trinajstić information content (AvgIpc) is 2.49. The van der Waals surface area contributed by atoms with Gasteiger partial charge in [0, 0.05) is 0 Å². The Hall–Kier alpha value is 0.0900. The van der Waals surface area contributed by atoms with Crippen LogP contribution in [-0.4, -0.2) is 23.8 Å². The first-order valence-corrected chi connectivity index (χ1v) is 6.47. The van der Waals surface area contributed by atoms with Crippen LogP contribution in [0.25, 0.3) is 0 Å². The summed E-state index contributed by atoms with van der Waals surface area (Å²) in [4.78, 5) is 0. The molecule has 1 unspecified atom stereocenters. The zero-order chi connectivity index (χ0) is 9.26. The predicted octanol–water partition coefficient (Wildman–Crippen LogP) is -1.62. The first-order valence-electron chi connectivity index (χ1n) is 4.50. The summed E-state index contributed by atoms with van der Waals surface area (Å²) >= 11 is 0. The molecule has 0 saturated heterocycles. The first kappa shape index (κ1) is 12.2. The van der Waals surface area contributed by atoms with Crippen molar-refractivity contribution < 1.29 is 33.2 Å². The van der Waals surface area contributed by atoms with Crippen LogP contribution in [0.3, 0.4) is 0 Å². The lowest BCUT2D eigenvalue weighted by molar-refractivity contribution is -0.00000372. The summed E-state index contributed by atoms with van der Waals surface area (Å²) in [6.07, 6.45) is 3.31. The SMILES string of the molecule is CCOc1noc2c1C[S+](C)CC2.[I-]. The minimum absolute atomic E-state index is 0. The topological polar surface area (TPSA) is 35.3 Å². The van der Waals surface area contributed by atoms with Gasteiger partial charge in [0.25, 0.3) is 5.88 Å². The van der Waals surface area contributed by atoms with Crippen LogP contribution in [-0.2, 0) is 23.1 Å². The van der Waals surface area contributed by atoms with Crippen molar-refractivity contribution in [2.45, 2.75) is 19.1 Å². The van der Waals surface area contributed by atoms with Gasteiger partial charge in [0.05, 0.1) is 19.3 Å². The van der Waals surface area contributed by atoms with Crippen molar-refractivity contribution in [1.82, 2.24) is 5.16 Å². The smallest absolute Gasteiger partial charge is 0.262 e. The van der Waals surface area contributed by atoms with Crippen LogP contribution in [0.15, 0.2) is 4.52 Å². The Kier molecular flexibility index (Phi) is 4.56. The van der Waals surface area contributed by atoms with E-state index in [1.165, 1.54) is 11.3 Å². The number of rotatable bonds is 2. The lowest BCUT2D eigenvalue weighted by Gasteiger charge is -2.09. The maximum absolute atomic E-state index is 5.39. The van der Waals surface area contributed by atoms with Crippen molar-refractivity contribution in [1.29, 1.82) is 0 Å². The highest BCUT2D eigenvalue weighted by Gasteiger charge is 2.29. The van der Waals surface area contributed by atoms with Gasteiger partial charge in [-0.2, -0.15) is 0 Å². The molecule has 2 rings (SSSR count). The lowest BCUT2D eigenvalue weighted by Crippen LogP contribution is -3.00. The molecular weight excluding hydrogens is 313 g/mol. The molecule has 0 amide bonds. The van der Waals surface area contributed by atoms with Gasteiger partial charge in [0.15, 0.2) is 5.76 Å². The van der Waals surface area contributed by atoms with E-state index in [9.17, 15) is 0 Å². The summed E-state index contributed by atoms with van der Waals surface area (Å²) in [5.41, 5.74) is 1.21. The fraction of sp³-hybridized carbons (Fsp3) is 0.667. The fourth-order valence-electron chi connectivity index (χ4n) is 1.50. The number of halogens is 1. The molecule has 1 aliphatic rings. The van der Waals surface area contributed by atoms with Crippen molar-refractivity contribution in [2.24, 2.45) is 0 Å². The van der Waals surface area contributed by atoms with E-state index in [0.717, 1.165) is 23.8 Å². The van der Waals surface area contributed by atoms with Crippen LogP contribution in [0.2, 0.25) is 0 Å². The van der Waals surface area contributed by atoms with Crippen LogP contribution >= 0.6 is 0 Å². The zero-order valence-electron chi connectivity index (χ0n) is 8.38. The molecule has 0 spiro atoms. The lowest BCUT2D eigenvalue weighted by atomic mass is 10.2. The van der Waals surface area contributed by atoms with Crippen molar-refractivity contribution in [2.75, 3.05) is 18.6 Å². The number of hydrogen-bond acceptors (Lipinski definition) is 3. The van der Waals surface area contributed by atoms with Crippen molar-refractivity contribution in [3.8, 4) is 5.88 Å². The van der Waals surface area contributed by atoms with Crippen LogP contribution < -0.4 is 28.7 Å². The highest BCUT2D eigenvalue weighted by atomic mass is 127. The number of nitrogens with zero attached hydrogens (tertiary/aromatic N) is 1. The minimum Gasteiger partial charge on any atom is -1.00 e. The Morgan fingerprint density at radius 3 is 3.07 bits per heavy atom. The van der Waals surface area contributed by atoms with E-state index < -0.39 is 0 Å². The molecule has 1 aromatic rings. The number of ether oxygens (including phenoxy) is 1. The van der Waals surface area contributed by atoms with Crippen molar-refractivity contribution >= 4 is 10.9 Å². The van der Waals surface area contributed by atoms with Gasteiger partial charge in [-0.1, -0.05) is 0 Å². The van der Waals surface area contributed by atoms with E-state index in [0.29, 0.717) is 17.5 Å². The second kappa shape index (κ2) is 5.25. The average molecular weight is 327 g/mol. The molecule has 1 aromatic heterocycles. The van der Waals surface area contributed by atoms with Crippen LogP contribution in [0.4, 0.5) is 0 Å². The molecule has 14 heavy (non-hydrogen) atoms. The standard InChI is InChI=1S/C9H14NO2S.HI/c1-3-11-9-7-6-13(2)5-4-8(7)12-10-9;/h3-6H2,1-2H3;1H/q+1;/p-1. The maximum Gasteiger partial charge on any atom is 0.262 e. The Bertz CT molecular complexity index is 303. The number of aromatic nitrogens is 1. The fourth-order valence-corrected chi connectivity index (χ4v) is 2.96. The Morgan fingerprint density at radius 2 is 2.36 bits per heavy atom. The van der Waals surface area contributed by atoms with Gasteiger partial charge in [-0.05, 0) is 23.0 Å². The molecule has 2 heterocycles. The van der Waals surface area contributed by atoms with E-state index in [1.54, 1.807) is 0 Å². The molecule has 0 N–H and O–H groups in total. The van der Waals surface area contributed by atoms with Crippen molar-refractivity contribution in [3.63, 3.8) is 0 Å². The van der Waals surface area contributed by atoms with Gasteiger partial charge < -0.3 is 33.2 Å². The van der Waals surface area contributed by atoms with E-state index in [-0.39, 0.29) is 24.0 Å². The third-order valence-electron chi connectivity index (χ3n) is 2.18. The normalized spacial score (nSPS) is 19.7. The van der Waals surface area contributed by atoms with Crippen molar-refractivity contribution in [3.05, 3.63) is 11.3 Å². The molecule has 1 atom stereocenters. The minimum atomic E-state index is 0. The molecule has 0 bridgehead atoms. The highest BCUT2D eigenvalue weighted by molar-refractivity contribution is 7.95. The Labute approximate surface area is 104 Å². The summed E-state index contributed by atoms with van der Waals surface area (Å²) in [7, 11) is 0.476. The molecule has 0 aromatic carbocycles. The van der Waals surface area contributed by atoms with Gasteiger partial charge in [-0.15, -0.1) is 0 Å². The third kappa shape index (κ3) is 2.36. The van der Waals surface area contributed by atoms with Gasteiger partial charge in [-0.3, -0.25) is 0 Å². The Balaban J connectivity index is 0.000000980. The molecule has 0 fully saturated rings. The summed E-state index contributed by atoms with van der Waals surface area (Å²) in [5, 5.41) is 3.93. The molecule has 0 radical (unpaired) electrons. The first-order chi connectivity index (χ1) is 6.31. The monoisotopic (exact) mass is 327 g/mol. The molecule has 5 heteroatoms. The molecular formula is C9H14INO2S. The quantitative estimate of drug-likeness (QED) is 0.484. The van der Waals surface area contributed by atoms with Crippen LogP contribution in [0.5, 0.6) is 5.88 Å². The number of aryl methyl sites for hydroxylation is 1. The summed E-state index contributed by atoms with van der Waals surface area (Å²) in [5.74, 6) is 4.06. The largest absolute Gasteiger partial charge is 1.00 e. The predicted molar refractivity (Wildman–Crippen MR) is 53.2 cm³/mol. The molecule has 0 aliphatic carbocycles. The molecule has 80 valence electrons. The van der Waals surface area contributed by atoms with E-state index >= 15 is 0 Å². The molecule has 0 saturated carbocycles. The number of hydrogen-bond donors (Lipinski definition) is 0. The van der Waals surface area contributed by atoms with E-state index in [2.05, 4.69) is 11.4 Å². The van der Waals surface area contributed by atoms with Gasteiger partial charge in [-0.25, -0.2) is 0 Å². The van der Waals surface area contributed by atoms with Gasteiger partial charge >= 0.3 is 0 Å². The highest BCUT2D eigenvalue weighted by Crippen LogP contribution is 2.28. The van der Waals surface area contributed by atoms with E-state index in [1.807, 2.05) is 6.92 Å². The molecule has 3 nitrogen and oxygen atoms in total. The second-order valence-corrected chi connectivity index (χ2v) is 5.46. The summed E-state index contributed by atoms with van der Waals surface area (Å²) in [6, 6.07) is 0. The zero-order valence-corrected chi connectivity index (χ0v) is 11.4. The third-order valence-corrected chi connectivity index (χ3v) is 3.87. The van der Waals surface area contributed by atoms with Crippen LogP contribution in [0.1, 0.15) is 18.2 Å². The summed E-state index contributed by atoms with van der Waals surface area (Å²) < 4.78 is 10.6.